The van der Waals surface area contributed by atoms with Gasteiger partial charge in [-0.05, 0) is 32.6 Å². The Hall–Kier alpha value is -1.20. The molecule has 6 heteroatoms. The number of nitrogens with zero attached hydrogens (tertiary/aromatic N) is 1. The summed E-state index contributed by atoms with van der Waals surface area (Å²) < 4.78 is 31.5. The van der Waals surface area contributed by atoms with Gasteiger partial charge in [0.15, 0.2) is 0 Å². The van der Waals surface area contributed by atoms with E-state index in [0.29, 0.717) is 6.42 Å². The van der Waals surface area contributed by atoms with Crippen molar-refractivity contribution in [3.63, 3.8) is 0 Å². The molecule has 0 N–H and O–H groups in total. The predicted molar refractivity (Wildman–Crippen MR) is 61.2 cm³/mol. The van der Waals surface area contributed by atoms with Crippen LogP contribution in [0, 0.1) is 5.92 Å². The Morgan fingerprint density at radius 1 is 1.39 bits per heavy atom. The van der Waals surface area contributed by atoms with Gasteiger partial charge in [0.2, 0.25) is 0 Å². The molecule has 0 radical (unpaired) electrons. The fraction of sp³-hybridized carbons (Fsp3) is 0.833. The molecule has 1 heterocycles. The van der Waals surface area contributed by atoms with Gasteiger partial charge < -0.3 is 9.64 Å². The highest BCUT2D eigenvalue weighted by molar-refractivity contribution is 6.04. The minimum atomic E-state index is -4.08. The summed E-state index contributed by atoms with van der Waals surface area (Å²) in [7, 11) is 0. The van der Waals surface area contributed by atoms with Gasteiger partial charge in [0.25, 0.3) is 0 Å². The van der Waals surface area contributed by atoms with E-state index in [1.165, 1.54) is 6.92 Å². The van der Waals surface area contributed by atoms with Crippen LogP contribution < -0.4 is 0 Å². The second-order valence-electron chi connectivity index (χ2n) is 4.65. The van der Waals surface area contributed by atoms with Crippen LogP contribution >= 0.6 is 0 Å². The van der Waals surface area contributed by atoms with E-state index in [1.54, 1.807) is 6.92 Å². The summed E-state index contributed by atoms with van der Waals surface area (Å²) in [5.41, 5.74) is 0. The van der Waals surface area contributed by atoms with Crippen LogP contribution in [0.3, 0.4) is 0 Å². The largest absolute Gasteiger partial charge is 0.461 e. The van der Waals surface area contributed by atoms with Crippen LogP contribution in [-0.4, -0.2) is 41.9 Å². The summed E-state index contributed by atoms with van der Waals surface area (Å²) >= 11 is 0. The van der Waals surface area contributed by atoms with Crippen LogP contribution in [0.5, 0.6) is 0 Å². The van der Waals surface area contributed by atoms with Crippen LogP contribution in [0.1, 0.15) is 33.6 Å². The van der Waals surface area contributed by atoms with Gasteiger partial charge in [-0.1, -0.05) is 6.92 Å². The van der Waals surface area contributed by atoms with Crippen molar-refractivity contribution < 1.29 is 23.1 Å². The molecule has 18 heavy (non-hydrogen) atoms. The van der Waals surface area contributed by atoms with Crippen molar-refractivity contribution in [2.24, 2.45) is 5.92 Å². The van der Waals surface area contributed by atoms with Crippen molar-refractivity contribution in [1.82, 2.24) is 4.90 Å². The second kappa shape index (κ2) is 5.63. The molecule has 1 amide bonds. The molecule has 1 fully saturated rings. The first-order valence-corrected chi connectivity index (χ1v) is 6.18. The quantitative estimate of drug-likeness (QED) is 0.576. The standard InChI is InChI=1S/C12H19F2NO3/c1-4-18-11(17)12(13,14)10(16)15-7-5-6-8(2)9(15)3/h8-9H,4-7H2,1-3H3. The number of ether oxygens (including phenoxy) is 1. The Labute approximate surface area is 105 Å². The summed E-state index contributed by atoms with van der Waals surface area (Å²) in [5.74, 6) is -7.14. The lowest BCUT2D eigenvalue weighted by Crippen LogP contribution is -2.55. The maximum atomic E-state index is 13.6. The van der Waals surface area contributed by atoms with Crippen LogP contribution in [0.2, 0.25) is 0 Å². The van der Waals surface area contributed by atoms with Crippen molar-refractivity contribution in [1.29, 1.82) is 0 Å². The molecular weight excluding hydrogens is 244 g/mol. The molecule has 1 aliphatic heterocycles. The average Bonchev–Trinajstić information content (AvgIpc) is 2.32. The molecule has 1 rings (SSSR count). The van der Waals surface area contributed by atoms with Crippen LogP contribution in [-0.2, 0) is 14.3 Å². The molecule has 0 aromatic carbocycles. The fourth-order valence-corrected chi connectivity index (χ4v) is 2.11. The summed E-state index contributed by atoms with van der Waals surface area (Å²) in [6, 6.07) is -0.286. The molecule has 0 saturated carbocycles. The van der Waals surface area contributed by atoms with Crippen molar-refractivity contribution in [3.05, 3.63) is 0 Å². The molecule has 1 aliphatic rings. The van der Waals surface area contributed by atoms with Gasteiger partial charge in [-0.15, -0.1) is 0 Å². The van der Waals surface area contributed by atoms with Crippen LogP contribution in [0.4, 0.5) is 8.78 Å². The maximum Gasteiger partial charge on any atom is 0.419 e. The third-order valence-electron chi connectivity index (χ3n) is 3.43. The second-order valence-corrected chi connectivity index (χ2v) is 4.65. The van der Waals surface area contributed by atoms with Gasteiger partial charge in [-0.25, -0.2) is 4.79 Å². The van der Waals surface area contributed by atoms with E-state index < -0.39 is 17.8 Å². The molecule has 4 nitrogen and oxygen atoms in total. The van der Waals surface area contributed by atoms with E-state index in [-0.39, 0.29) is 25.1 Å². The molecule has 0 aromatic rings. The van der Waals surface area contributed by atoms with E-state index in [0.717, 1.165) is 11.3 Å². The van der Waals surface area contributed by atoms with E-state index >= 15 is 0 Å². The monoisotopic (exact) mass is 263 g/mol. The lowest BCUT2D eigenvalue weighted by molar-refractivity contribution is -0.185. The molecule has 104 valence electrons. The first kappa shape index (κ1) is 14.9. The van der Waals surface area contributed by atoms with Crippen molar-refractivity contribution in [2.75, 3.05) is 13.2 Å². The predicted octanol–water partition coefficient (Wildman–Crippen LogP) is 1.83. The summed E-state index contributed by atoms with van der Waals surface area (Å²) in [5, 5.41) is 0. The van der Waals surface area contributed by atoms with E-state index in [1.807, 2.05) is 6.92 Å². The highest BCUT2D eigenvalue weighted by atomic mass is 19.3. The van der Waals surface area contributed by atoms with Gasteiger partial charge in [0, 0.05) is 12.6 Å². The zero-order valence-electron chi connectivity index (χ0n) is 10.9. The first-order valence-electron chi connectivity index (χ1n) is 6.18. The lowest BCUT2D eigenvalue weighted by atomic mass is 9.91. The van der Waals surface area contributed by atoms with Gasteiger partial charge in [0.05, 0.1) is 6.61 Å². The number of piperidine rings is 1. The Morgan fingerprint density at radius 2 is 2.00 bits per heavy atom. The van der Waals surface area contributed by atoms with E-state index in [9.17, 15) is 18.4 Å². The Bertz CT molecular complexity index is 333. The number of halogens is 2. The van der Waals surface area contributed by atoms with Gasteiger partial charge in [-0.2, -0.15) is 8.78 Å². The maximum absolute atomic E-state index is 13.6. The minimum absolute atomic E-state index is 0.153. The highest BCUT2D eigenvalue weighted by Gasteiger charge is 2.52. The van der Waals surface area contributed by atoms with Crippen molar-refractivity contribution in [3.8, 4) is 0 Å². The van der Waals surface area contributed by atoms with E-state index in [2.05, 4.69) is 4.74 Å². The summed E-state index contributed by atoms with van der Waals surface area (Å²) in [4.78, 5) is 24.0. The normalized spacial score (nSPS) is 24.8. The number of rotatable bonds is 3. The van der Waals surface area contributed by atoms with Gasteiger partial charge in [-0.3, -0.25) is 4.79 Å². The van der Waals surface area contributed by atoms with Gasteiger partial charge in [0.1, 0.15) is 0 Å². The first-order chi connectivity index (χ1) is 8.32. The lowest BCUT2D eigenvalue weighted by Gasteiger charge is -2.38. The Morgan fingerprint density at radius 3 is 2.56 bits per heavy atom. The average molecular weight is 263 g/mol. The number of alkyl halides is 2. The minimum Gasteiger partial charge on any atom is -0.461 e. The number of amides is 1. The number of carbonyl (C=O) groups excluding carboxylic acids is 2. The molecule has 2 atom stereocenters. The Kier molecular flexibility index (Phi) is 4.65. The number of likely N-dealkylation sites (tertiary alicyclic amines) is 1. The van der Waals surface area contributed by atoms with Crippen molar-refractivity contribution in [2.45, 2.75) is 45.6 Å². The zero-order chi connectivity index (χ0) is 13.9. The van der Waals surface area contributed by atoms with Crippen molar-refractivity contribution >= 4 is 11.9 Å². The summed E-state index contributed by atoms with van der Waals surface area (Å²) in [6.07, 6.45) is 1.58. The van der Waals surface area contributed by atoms with Crippen LogP contribution in [0.15, 0.2) is 0 Å². The number of carbonyl (C=O) groups is 2. The molecule has 1 saturated heterocycles. The highest BCUT2D eigenvalue weighted by Crippen LogP contribution is 2.28. The molecular formula is C12H19F2NO3. The number of hydrogen-bond donors (Lipinski definition) is 0. The van der Waals surface area contributed by atoms with Crippen LogP contribution in [0.25, 0.3) is 0 Å². The fourth-order valence-electron chi connectivity index (χ4n) is 2.11. The molecule has 0 aliphatic carbocycles. The third kappa shape index (κ3) is 2.79. The molecule has 0 aromatic heterocycles. The summed E-state index contributed by atoms with van der Waals surface area (Å²) in [6.45, 7) is 5.15. The number of hydrogen-bond acceptors (Lipinski definition) is 3. The van der Waals surface area contributed by atoms with Gasteiger partial charge >= 0.3 is 17.8 Å². The SMILES string of the molecule is CCOC(=O)C(F)(F)C(=O)N1CCCC(C)C1C. The van der Waals surface area contributed by atoms with E-state index in [4.69, 9.17) is 0 Å². The Balaban J connectivity index is 2.82. The molecule has 2 unspecified atom stereocenters. The third-order valence-corrected chi connectivity index (χ3v) is 3.43. The molecule has 0 bridgehead atoms. The topological polar surface area (TPSA) is 46.6 Å². The smallest absolute Gasteiger partial charge is 0.419 e. The molecule has 0 spiro atoms. The zero-order valence-corrected chi connectivity index (χ0v) is 10.9. The number of esters is 1.